The normalized spacial score (nSPS) is 48.7. The van der Waals surface area contributed by atoms with Crippen molar-refractivity contribution in [2.45, 2.75) is 191 Å². The van der Waals surface area contributed by atoms with Crippen molar-refractivity contribution in [1.82, 2.24) is 10.2 Å². The minimum Gasteiger partial charge on any atom is -0.459 e. The highest BCUT2D eigenvalue weighted by molar-refractivity contribution is 5.73. The van der Waals surface area contributed by atoms with Crippen LogP contribution in [0, 0.1) is 23.7 Å². The van der Waals surface area contributed by atoms with Gasteiger partial charge in [0.25, 0.3) is 0 Å². The Morgan fingerprint density at radius 2 is 1.59 bits per heavy atom. The average molecular weight is 835 g/mol. The third-order valence-electron chi connectivity index (χ3n) is 13.5. The molecule has 0 aromatic carbocycles. The maximum absolute atomic E-state index is 14.5. The molecule has 16 heteroatoms. The highest BCUT2D eigenvalue weighted by Crippen LogP contribution is 2.43. The lowest BCUT2D eigenvalue weighted by Gasteiger charge is -2.52. The standard InChI is InChI=1S/C42H78N2O14/c1-15-29-42(10,49)37-24(4)32(43-30(56-37)21-52-17-16-50-13)22(2)19-40(8,48)36(58-39-33(45)28(44(11)12)18-23(3)53-39)25(5)34(26(6)38(47)55-29)57-31-20-41(9,51-14)35(46)27(7)54-31/h22-37,39,43,45-46,48-49H,15-21H2,1-14H3/t22-,23-,24+,25+,26-,27+,28+,29-,30+,31-,32+,33-,34+,35-,36-,37-,39+,40-,41+,42-/m1/s1. The number of nitrogens with zero attached hydrogens (tertiary/aromatic N) is 1. The van der Waals surface area contributed by atoms with Crippen molar-refractivity contribution >= 4 is 5.97 Å². The first kappa shape index (κ1) is 49.6. The maximum atomic E-state index is 14.5. The van der Waals surface area contributed by atoms with E-state index in [2.05, 4.69) is 5.32 Å². The Kier molecular flexibility index (Phi) is 17.4. The van der Waals surface area contributed by atoms with Crippen molar-refractivity contribution < 1.29 is 67.9 Å². The van der Waals surface area contributed by atoms with Gasteiger partial charge in [0, 0.05) is 44.6 Å². The van der Waals surface area contributed by atoms with Gasteiger partial charge < -0.3 is 68.0 Å². The summed E-state index contributed by atoms with van der Waals surface area (Å²) < 4.78 is 55.7. The fourth-order valence-electron chi connectivity index (χ4n) is 10.0. The van der Waals surface area contributed by atoms with Crippen molar-refractivity contribution in [2.24, 2.45) is 23.7 Å². The van der Waals surface area contributed by atoms with Crippen LogP contribution in [0.2, 0.25) is 0 Å². The van der Waals surface area contributed by atoms with Gasteiger partial charge in [-0.15, -0.1) is 0 Å². The first-order valence-electron chi connectivity index (χ1n) is 21.4. The molecule has 4 saturated heterocycles. The molecule has 0 amide bonds. The van der Waals surface area contributed by atoms with Crippen LogP contribution in [0.25, 0.3) is 0 Å². The molecule has 0 aromatic rings. The smallest absolute Gasteiger partial charge is 0.311 e. The predicted octanol–water partition coefficient (Wildman–Crippen LogP) is 2.20. The van der Waals surface area contributed by atoms with E-state index in [0.717, 1.165) is 0 Å². The van der Waals surface area contributed by atoms with Crippen LogP contribution in [-0.4, -0.2) is 176 Å². The second-order valence-electron chi connectivity index (χ2n) is 18.6. The molecule has 4 aliphatic heterocycles. The predicted molar refractivity (Wildman–Crippen MR) is 214 cm³/mol. The van der Waals surface area contributed by atoms with Gasteiger partial charge in [-0.2, -0.15) is 0 Å². The lowest BCUT2D eigenvalue weighted by Crippen LogP contribution is -2.67. The maximum Gasteiger partial charge on any atom is 0.311 e. The summed E-state index contributed by atoms with van der Waals surface area (Å²) in [7, 11) is 6.90. The topological polar surface area (TPSA) is 196 Å². The lowest BCUT2D eigenvalue weighted by molar-refractivity contribution is -0.318. The fourth-order valence-corrected chi connectivity index (χ4v) is 10.0. The van der Waals surface area contributed by atoms with Crippen molar-refractivity contribution in [3.63, 3.8) is 0 Å². The van der Waals surface area contributed by atoms with Crippen molar-refractivity contribution in [3.8, 4) is 0 Å². The summed E-state index contributed by atoms with van der Waals surface area (Å²) >= 11 is 0. The van der Waals surface area contributed by atoms with Gasteiger partial charge >= 0.3 is 5.97 Å². The second-order valence-corrected chi connectivity index (χ2v) is 18.6. The van der Waals surface area contributed by atoms with Gasteiger partial charge in [-0.05, 0) is 80.8 Å². The highest BCUT2D eigenvalue weighted by Gasteiger charge is 2.55. The minimum atomic E-state index is -1.64. The lowest BCUT2D eigenvalue weighted by atomic mass is 9.71. The molecule has 340 valence electrons. The van der Waals surface area contributed by atoms with Gasteiger partial charge in [-0.1, -0.05) is 27.7 Å². The molecule has 0 spiro atoms. The molecule has 20 atom stereocenters. The third-order valence-corrected chi connectivity index (χ3v) is 13.5. The summed E-state index contributed by atoms with van der Waals surface area (Å²) in [5.41, 5.74) is -4.27. The molecular weight excluding hydrogens is 756 g/mol. The number of hydrogen-bond acceptors (Lipinski definition) is 16. The zero-order chi connectivity index (χ0) is 43.5. The average Bonchev–Trinajstić information content (AvgIpc) is 3.15. The molecule has 16 nitrogen and oxygen atoms in total. The van der Waals surface area contributed by atoms with E-state index in [1.54, 1.807) is 41.7 Å². The van der Waals surface area contributed by atoms with Crippen LogP contribution in [0.3, 0.4) is 0 Å². The van der Waals surface area contributed by atoms with Crippen molar-refractivity contribution in [2.75, 3.05) is 48.1 Å². The third kappa shape index (κ3) is 11.1. The zero-order valence-electron chi connectivity index (χ0n) is 37.6. The van der Waals surface area contributed by atoms with Crippen LogP contribution >= 0.6 is 0 Å². The SMILES string of the molecule is CC[C@H]1OC(=O)[C@H](C)[C@@H](O[C@@H]2C[C@](C)(OC)[C@H](O)[C@H](C)O2)[C@H](C)[C@@H](O[C@@H]2O[C@H](C)C[C@H](N(C)C)[C@H]2O)[C@](C)(O)C[C@@H](C)[C@@H]2N[C@H](COCCOC)O[C@H]([C@H]2C)[C@]1(C)O. The molecule has 4 heterocycles. The van der Waals surface area contributed by atoms with E-state index >= 15 is 0 Å². The summed E-state index contributed by atoms with van der Waals surface area (Å²) in [5.74, 6) is -2.95. The molecular formula is C42H78N2O14. The molecule has 5 N–H and O–H groups in total. The number of nitrogens with one attached hydrogen (secondary N) is 1. The number of carbonyl (C=O) groups excluding carboxylic acids is 1. The molecule has 2 bridgehead atoms. The van der Waals surface area contributed by atoms with E-state index in [0.29, 0.717) is 19.6 Å². The highest BCUT2D eigenvalue weighted by atomic mass is 16.7. The van der Waals surface area contributed by atoms with E-state index in [-0.39, 0.29) is 55.9 Å². The molecule has 0 aromatic heterocycles. The number of cyclic esters (lactones) is 1. The Hall–Kier alpha value is -1.09. The van der Waals surface area contributed by atoms with Crippen LogP contribution in [0.1, 0.15) is 94.9 Å². The second kappa shape index (κ2) is 20.4. The van der Waals surface area contributed by atoms with Gasteiger partial charge in [0.15, 0.2) is 12.6 Å². The monoisotopic (exact) mass is 835 g/mol. The summed E-state index contributed by atoms with van der Waals surface area (Å²) in [5, 5.41) is 51.5. The number of rotatable bonds is 12. The Labute approximate surface area is 346 Å². The van der Waals surface area contributed by atoms with E-state index in [9.17, 15) is 25.2 Å². The number of aliphatic hydroxyl groups excluding tert-OH is 2. The Morgan fingerprint density at radius 3 is 2.19 bits per heavy atom. The van der Waals surface area contributed by atoms with E-state index in [4.69, 9.17) is 42.6 Å². The number of fused-ring (bicyclic) bond motifs is 2. The van der Waals surface area contributed by atoms with Gasteiger partial charge in [-0.3, -0.25) is 10.1 Å². The van der Waals surface area contributed by atoms with Crippen LogP contribution in [0.4, 0.5) is 0 Å². The van der Waals surface area contributed by atoms with Crippen molar-refractivity contribution in [1.29, 1.82) is 0 Å². The number of esters is 1. The quantitative estimate of drug-likeness (QED) is 0.142. The first-order chi connectivity index (χ1) is 27.0. The minimum absolute atomic E-state index is 0.137. The Morgan fingerprint density at radius 1 is 0.914 bits per heavy atom. The van der Waals surface area contributed by atoms with E-state index in [1.807, 2.05) is 53.6 Å². The Balaban J connectivity index is 1.83. The van der Waals surface area contributed by atoms with Crippen LogP contribution < -0.4 is 5.32 Å². The first-order valence-corrected chi connectivity index (χ1v) is 21.4. The largest absolute Gasteiger partial charge is 0.459 e. The molecule has 0 saturated carbocycles. The van der Waals surface area contributed by atoms with Gasteiger partial charge in [0.05, 0.1) is 67.5 Å². The molecule has 0 aliphatic carbocycles. The number of methoxy groups -OCH3 is 2. The zero-order valence-corrected chi connectivity index (χ0v) is 37.6. The van der Waals surface area contributed by atoms with Gasteiger partial charge in [0.1, 0.15) is 30.1 Å². The Bertz CT molecular complexity index is 1290. The van der Waals surface area contributed by atoms with Crippen molar-refractivity contribution in [3.05, 3.63) is 0 Å². The molecule has 4 rings (SSSR count). The summed E-state index contributed by atoms with van der Waals surface area (Å²) in [6.45, 7) is 19.1. The summed E-state index contributed by atoms with van der Waals surface area (Å²) in [6, 6.07) is -0.593. The number of hydrogen-bond donors (Lipinski definition) is 5. The van der Waals surface area contributed by atoms with Crippen LogP contribution in [0.5, 0.6) is 0 Å². The van der Waals surface area contributed by atoms with Gasteiger partial charge in [0.2, 0.25) is 0 Å². The molecule has 0 radical (unpaired) electrons. The molecule has 4 fully saturated rings. The van der Waals surface area contributed by atoms with E-state index < -0.39 is 96.1 Å². The summed E-state index contributed by atoms with van der Waals surface area (Å²) in [4.78, 5) is 16.4. The number of likely N-dealkylation sites (N-methyl/N-ethyl adjacent to an activating group) is 1. The van der Waals surface area contributed by atoms with Gasteiger partial charge in [-0.25, -0.2) is 0 Å². The molecule has 58 heavy (non-hydrogen) atoms. The van der Waals surface area contributed by atoms with Crippen LogP contribution in [-0.2, 0) is 47.4 Å². The van der Waals surface area contributed by atoms with Crippen LogP contribution in [0.15, 0.2) is 0 Å². The summed E-state index contributed by atoms with van der Waals surface area (Å²) in [6.07, 6.45) is -8.29. The number of aliphatic hydroxyl groups is 4. The molecule has 4 aliphatic rings. The molecule has 0 unspecified atom stereocenters. The fraction of sp³-hybridized carbons (Fsp3) is 0.976. The van der Waals surface area contributed by atoms with E-state index in [1.165, 1.54) is 7.11 Å². The number of carbonyl (C=O) groups is 1. The number of ether oxygens (including phenoxy) is 9.